The van der Waals surface area contributed by atoms with Crippen molar-refractivity contribution in [2.45, 2.75) is 9.79 Å². The smallest absolute Gasteiger partial charge is 0.744 e. The van der Waals surface area contributed by atoms with Crippen molar-refractivity contribution in [3.8, 4) is 22.5 Å². The topological polar surface area (TPSA) is 125 Å². The van der Waals surface area contributed by atoms with E-state index in [2.05, 4.69) is 19.3 Å². The van der Waals surface area contributed by atoms with Gasteiger partial charge in [0.15, 0.2) is 0 Å². The molecule has 0 unspecified atom stereocenters. The van der Waals surface area contributed by atoms with Gasteiger partial charge in [-0.2, -0.15) is 4.33 Å². The van der Waals surface area contributed by atoms with E-state index in [1.807, 2.05) is 18.2 Å². The maximum Gasteiger partial charge on any atom is 1.00 e. The number of benzene rings is 3. The second-order valence-electron chi connectivity index (χ2n) is 6.12. The maximum atomic E-state index is 11.7. The fraction of sp³-hybridized carbons (Fsp3) is 0. The fourth-order valence-electron chi connectivity index (χ4n) is 3.46. The van der Waals surface area contributed by atoms with Gasteiger partial charge in [0.2, 0.25) is 0 Å². The van der Waals surface area contributed by atoms with Crippen LogP contribution in [-0.2, 0) is 19.5 Å². The molecular weight excluding hydrogens is 450 g/mol. The van der Waals surface area contributed by atoms with Crippen LogP contribution in [0.1, 0.15) is 0 Å². The minimum absolute atomic E-state index is 0. The quantitative estimate of drug-likeness (QED) is 0.0890. The molecule has 0 N–H and O–H groups in total. The van der Waals surface area contributed by atoms with Crippen molar-refractivity contribution < 1.29 is 86.7 Å². The zero-order chi connectivity index (χ0) is 19.5. The molecule has 0 bridgehead atoms. The number of para-hydroxylation sites is 2. The van der Waals surface area contributed by atoms with Crippen LogP contribution in [0.15, 0.2) is 58.3 Å². The number of hydrogen-bond acceptors (Lipinski definition) is 9. The SMILES string of the molecule is O=S(=O)([O-])c1cc2c3c(cc(SOO[O-])cc3c1)-c1nc3ccccc3nc1-2.[Na+].[Na+]. The van der Waals surface area contributed by atoms with Crippen molar-refractivity contribution in [2.75, 3.05) is 0 Å². The predicted molar refractivity (Wildman–Crippen MR) is 97.5 cm³/mol. The molecule has 4 aromatic rings. The van der Waals surface area contributed by atoms with Gasteiger partial charge in [-0.1, -0.05) is 12.1 Å². The summed E-state index contributed by atoms with van der Waals surface area (Å²) in [4.78, 5) is 9.42. The van der Waals surface area contributed by atoms with Gasteiger partial charge in [-0.15, -0.1) is 0 Å². The first kappa shape index (κ1) is 24.1. The van der Waals surface area contributed by atoms with E-state index in [0.29, 0.717) is 55.9 Å². The van der Waals surface area contributed by atoms with E-state index in [-0.39, 0.29) is 64.0 Å². The largest absolute Gasteiger partial charge is 1.00 e. The van der Waals surface area contributed by atoms with E-state index >= 15 is 0 Å². The first-order valence-corrected chi connectivity index (χ1v) is 10.1. The van der Waals surface area contributed by atoms with Crippen LogP contribution in [0.25, 0.3) is 44.3 Å². The molecule has 8 nitrogen and oxygen atoms in total. The Bertz CT molecular complexity index is 1400. The van der Waals surface area contributed by atoms with E-state index in [4.69, 9.17) is 0 Å². The van der Waals surface area contributed by atoms with Crippen molar-refractivity contribution in [2.24, 2.45) is 0 Å². The zero-order valence-corrected chi connectivity index (χ0v) is 21.4. The van der Waals surface area contributed by atoms with Gasteiger partial charge >= 0.3 is 59.1 Å². The van der Waals surface area contributed by atoms with Crippen molar-refractivity contribution in [3.63, 3.8) is 0 Å². The molecular formula is C18H8N2Na2O6S2. The molecule has 0 radical (unpaired) electrons. The summed E-state index contributed by atoms with van der Waals surface area (Å²) in [6, 6.07) is 13.3. The Morgan fingerprint density at radius 2 is 1.50 bits per heavy atom. The standard InChI is InChI=1S/C18H10N2O6S2.2Na/c21-25-26-27-10-5-9-6-11(28(22,23)24)8-13-16(9)12(7-10)17-18(13)20-15-4-2-1-3-14(15)19-17;;/h1-8,21H,(H,22,23,24);;/q;2*+1/p-2. The van der Waals surface area contributed by atoms with Gasteiger partial charge in [0.25, 0.3) is 0 Å². The third-order valence-corrected chi connectivity index (χ3v) is 5.89. The first-order valence-electron chi connectivity index (χ1n) is 7.94. The van der Waals surface area contributed by atoms with Gasteiger partial charge in [-0.05, 0) is 41.8 Å². The molecule has 30 heavy (non-hydrogen) atoms. The fourth-order valence-corrected chi connectivity index (χ4v) is 4.44. The summed E-state index contributed by atoms with van der Waals surface area (Å²) >= 11 is 0.669. The summed E-state index contributed by atoms with van der Waals surface area (Å²) in [5.41, 5.74) is 3.60. The van der Waals surface area contributed by atoms with E-state index < -0.39 is 10.1 Å². The maximum absolute atomic E-state index is 11.7. The van der Waals surface area contributed by atoms with Gasteiger partial charge in [0.1, 0.15) is 10.1 Å². The van der Waals surface area contributed by atoms with Crippen LogP contribution >= 0.6 is 12.0 Å². The Labute approximate surface area is 219 Å². The van der Waals surface area contributed by atoms with Crippen LogP contribution in [-0.4, -0.2) is 22.9 Å². The average molecular weight is 458 g/mol. The van der Waals surface area contributed by atoms with Crippen LogP contribution in [0.2, 0.25) is 0 Å². The van der Waals surface area contributed by atoms with E-state index in [0.717, 1.165) is 5.39 Å². The van der Waals surface area contributed by atoms with Crippen molar-refractivity contribution >= 4 is 44.0 Å². The van der Waals surface area contributed by atoms with Crippen molar-refractivity contribution in [1.82, 2.24) is 9.97 Å². The minimum atomic E-state index is -4.69. The summed E-state index contributed by atoms with van der Waals surface area (Å²) < 4.78 is 39.4. The van der Waals surface area contributed by atoms with Gasteiger partial charge in [0.05, 0.1) is 39.4 Å². The Kier molecular flexibility index (Phi) is 7.30. The summed E-state index contributed by atoms with van der Waals surface area (Å²) in [5, 5.41) is 14.8. The molecule has 1 heterocycles. The number of aromatic nitrogens is 2. The van der Waals surface area contributed by atoms with Crippen LogP contribution in [0, 0.1) is 0 Å². The normalized spacial score (nSPS) is 11.8. The van der Waals surface area contributed by atoms with Gasteiger partial charge in [-0.25, -0.2) is 18.4 Å². The second-order valence-corrected chi connectivity index (χ2v) is 8.28. The second kappa shape index (κ2) is 9.10. The Morgan fingerprint density at radius 1 is 0.900 bits per heavy atom. The van der Waals surface area contributed by atoms with Gasteiger partial charge in [-0.3, -0.25) is 5.04 Å². The molecule has 1 aliphatic carbocycles. The van der Waals surface area contributed by atoms with Crippen LogP contribution in [0.5, 0.6) is 0 Å². The van der Waals surface area contributed by atoms with Crippen LogP contribution in [0.4, 0.5) is 0 Å². The molecule has 0 amide bonds. The number of hydrogen-bond donors (Lipinski definition) is 0. The first-order chi connectivity index (χ1) is 13.5. The molecule has 12 heteroatoms. The monoisotopic (exact) mass is 458 g/mol. The molecule has 0 spiro atoms. The third kappa shape index (κ3) is 4.08. The Balaban J connectivity index is 0.00000128. The zero-order valence-electron chi connectivity index (χ0n) is 15.8. The van der Waals surface area contributed by atoms with Crippen molar-refractivity contribution in [1.29, 1.82) is 0 Å². The summed E-state index contributed by atoms with van der Waals surface area (Å²) in [7, 11) is -4.69. The van der Waals surface area contributed by atoms with E-state index in [1.165, 1.54) is 12.1 Å². The molecule has 3 aromatic carbocycles. The molecule has 0 fully saturated rings. The number of nitrogens with zero attached hydrogens (tertiary/aromatic N) is 2. The molecule has 5 rings (SSSR count). The Hall–Kier alpha value is -0.600. The number of fused-ring (bicyclic) bond motifs is 4. The van der Waals surface area contributed by atoms with E-state index in [9.17, 15) is 18.2 Å². The van der Waals surface area contributed by atoms with E-state index in [1.54, 1.807) is 18.2 Å². The molecule has 1 aromatic heterocycles. The van der Waals surface area contributed by atoms with Gasteiger partial charge < -0.3 is 9.81 Å². The molecule has 140 valence electrons. The Morgan fingerprint density at radius 3 is 2.07 bits per heavy atom. The molecule has 0 atom stereocenters. The summed E-state index contributed by atoms with van der Waals surface area (Å²) in [6.45, 7) is 0. The summed E-state index contributed by atoms with van der Waals surface area (Å²) in [6.07, 6.45) is 0. The van der Waals surface area contributed by atoms with Crippen LogP contribution < -0.4 is 64.4 Å². The predicted octanol–water partition coefficient (Wildman–Crippen LogP) is -3.43. The molecule has 0 saturated heterocycles. The van der Waals surface area contributed by atoms with Crippen molar-refractivity contribution in [3.05, 3.63) is 48.5 Å². The molecule has 1 aliphatic rings. The third-order valence-electron chi connectivity index (χ3n) is 4.52. The molecule has 0 aliphatic heterocycles. The minimum Gasteiger partial charge on any atom is -0.744 e. The molecule has 0 saturated carbocycles. The number of rotatable bonds is 4. The summed E-state index contributed by atoms with van der Waals surface area (Å²) in [5.74, 6) is 0. The van der Waals surface area contributed by atoms with Crippen LogP contribution in [0.3, 0.4) is 0 Å². The van der Waals surface area contributed by atoms with Gasteiger partial charge in [0, 0.05) is 21.4 Å². The average Bonchev–Trinajstić information content (AvgIpc) is 2.98.